The number of sulfonamides is 1. The first kappa shape index (κ1) is 15.6. The van der Waals surface area contributed by atoms with E-state index in [0.29, 0.717) is 0 Å². The summed E-state index contributed by atoms with van der Waals surface area (Å²) in [7, 11) is -5.14. The molecule has 1 atom stereocenters. The number of nitrogen functional groups attached to an aromatic ring is 1. The van der Waals surface area contributed by atoms with Gasteiger partial charge in [-0.3, -0.25) is 4.21 Å². The molecule has 0 aliphatic carbocycles. The summed E-state index contributed by atoms with van der Waals surface area (Å²) in [6.45, 7) is -0.0424. The van der Waals surface area contributed by atoms with Crippen LogP contribution >= 0.6 is 0 Å². The number of aromatic carboxylic acids is 1. The number of anilines is 1. The van der Waals surface area contributed by atoms with Crippen molar-refractivity contribution in [3.63, 3.8) is 0 Å². The Kier molecular flexibility index (Phi) is 5.04. The number of hydrogen-bond acceptors (Lipinski definition) is 5. The van der Waals surface area contributed by atoms with Gasteiger partial charge < -0.3 is 10.8 Å². The second kappa shape index (κ2) is 6.13. The molecule has 1 rings (SSSR count). The van der Waals surface area contributed by atoms with E-state index in [9.17, 15) is 17.4 Å². The number of hydrogen-bond donors (Lipinski definition) is 3. The van der Waals surface area contributed by atoms with Crippen molar-refractivity contribution >= 4 is 32.5 Å². The van der Waals surface area contributed by atoms with Gasteiger partial charge in [-0.15, -0.1) is 0 Å². The fourth-order valence-electron chi connectivity index (χ4n) is 1.34. The molecular weight excluding hydrogens is 292 g/mol. The number of nitrogens with one attached hydrogen (secondary N) is 1. The molecule has 9 heteroatoms. The van der Waals surface area contributed by atoms with Gasteiger partial charge in [0.1, 0.15) is 0 Å². The Labute approximate surface area is 113 Å². The number of carboxylic acids is 1. The minimum atomic E-state index is -4.00. The van der Waals surface area contributed by atoms with E-state index in [1.807, 2.05) is 0 Å². The van der Waals surface area contributed by atoms with Gasteiger partial charge >= 0.3 is 5.97 Å². The second-order valence-corrected chi connectivity index (χ2v) is 7.03. The van der Waals surface area contributed by atoms with Crippen LogP contribution in [-0.2, 0) is 20.8 Å². The molecule has 0 radical (unpaired) electrons. The first-order chi connectivity index (χ1) is 8.74. The quantitative estimate of drug-likeness (QED) is 0.615. The Balaban J connectivity index is 3.09. The van der Waals surface area contributed by atoms with Gasteiger partial charge in [-0.1, -0.05) is 0 Å². The molecule has 1 aromatic carbocycles. The van der Waals surface area contributed by atoms with Gasteiger partial charge in [-0.2, -0.15) is 0 Å². The summed E-state index contributed by atoms with van der Waals surface area (Å²) in [4.78, 5) is 10.6. The molecule has 0 aliphatic rings. The molecule has 0 aromatic heterocycles. The molecule has 0 aliphatic heterocycles. The highest BCUT2D eigenvalue weighted by Crippen LogP contribution is 2.19. The first-order valence-electron chi connectivity index (χ1n) is 5.16. The van der Waals surface area contributed by atoms with Crippen molar-refractivity contribution in [3.05, 3.63) is 23.8 Å². The van der Waals surface area contributed by atoms with E-state index >= 15 is 0 Å². The summed E-state index contributed by atoms with van der Waals surface area (Å²) >= 11 is 0. The summed E-state index contributed by atoms with van der Waals surface area (Å²) in [5, 5.41) is 8.95. The zero-order valence-corrected chi connectivity index (χ0v) is 11.8. The van der Waals surface area contributed by atoms with Crippen molar-refractivity contribution in [2.75, 3.05) is 24.3 Å². The highest BCUT2D eigenvalue weighted by atomic mass is 32.2. The molecular formula is C10H14N2O5S2. The number of rotatable bonds is 6. The van der Waals surface area contributed by atoms with E-state index in [4.69, 9.17) is 10.8 Å². The molecule has 1 aromatic rings. The van der Waals surface area contributed by atoms with Crippen LogP contribution in [0.25, 0.3) is 0 Å². The maximum Gasteiger partial charge on any atom is 0.337 e. The van der Waals surface area contributed by atoms with Crippen molar-refractivity contribution in [1.82, 2.24) is 4.72 Å². The predicted molar refractivity (Wildman–Crippen MR) is 71.9 cm³/mol. The average molecular weight is 306 g/mol. The Bertz CT molecular complexity index is 612. The molecule has 0 amide bonds. The topological polar surface area (TPSA) is 127 Å². The van der Waals surface area contributed by atoms with Crippen LogP contribution in [0.4, 0.5) is 5.69 Å². The molecule has 1 unspecified atom stereocenters. The van der Waals surface area contributed by atoms with Gasteiger partial charge in [0, 0.05) is 35.0 Å². The summed E-state index contributed by atoms with van der Waals surface area (Å²) in [6.07, 6.45) is 1.44. The van der Waals surface area contributed by atoms with Crippen LogP contribution in [0.2, 0.25) is 0 Å². The lowest BCUT2D eigenvalue weighted by atomic mass is 10.2. The van der Waals surface area contributed by atoms with Crippen molar-refractivity contribution in [1.29, 1.82) is 0 Å². The zero-order valence-electron chi connectivity index (χ0n) is 10.1. The van der Waals surface area contributed by atoms with E-state index in [0.717, 1.165) is 12.1 Å². The van der Waals surface area contributed by atoms with Crippen LogP contribution in [0.3, 0.4) is 0 Å². The average Bonchev–Trinajstić information content (AvgIpc) is 2.27. The minimum Gasteiger partial charge on any atom is -0.478 e. The second-order valence-electron chi connectivity index (χ2n) is 3.74. The monoisotopic (exact) mass is 306 g/mol. The fraction of sp³-hybridized carbons (Fsp3) is 0.300. The van der Waals surface area contributed by atoms with Gasteiger partial charge in [-0.25, -0.2) is 17.9 Å². The maximum absolute atomic E-state index is 12.0. The number of nitrogens with two attached hydrogens (primary N) is 1. The largest absolute Gasteiger partial charge is 0.478 e. The van der Waals surface area contributed by atoms with Gasteiger partial charge in [-0.05, 0) is 18.2 Å². The number of benzene rings is 1. The van der Waals surface area contributed by atoms with E-state index in [1.54, 1.807) is 0 Å². The van der Waals surface area contributed by atoms with Crippen molar-refractivity contribution < 1.29 is 22.5 Å². The lowest BCUT2D eigenvalue weighted by Gasteiger charge is -2.09. The third-order valence-electron chi connectivity index (χ3n) is 2.21. The minimum absolute atomic E-state index is 0.0424. The lowest BCUT2D eigenvalue weighted by Crippen LogP contribution is -2.29. The van der Waals surface area contributed by atoms with Gasteiger partial charge in [0.25, 0.3) is 0 Å². The smallest absolute Gasteiger partial charge is 0.337 e. The molecule has 0 fully saturated rings. The summed E-state index contributed by atoms with van der Waals surface area (Å²) in [6, 6.07) is 3.52. The van der Waals surface area contributed by atoms with Crippen LogP contribution in [0.5, 0.6) is 0 Å². The SMILES string of the molecule is CS(=O)CCNS(=O)(=O)c1cc(N)ccc1C(=O)O. The van der Waals surface area contributed by atoms with E-state index in [2.05, 4.69) is 4.72 Å². The Morgan fingerprint density at radius 1 is 1.47 bits per heavy atom. The normalized spacial score (nSPS) is 13.1. The molecule has 0 spiro atoms. The van der Waals surface area contributed by atoms with E-state index in [-0.39, 0.29) is 23.5 Å². The third-order valence-corrected chi connectivity index (χ3v) is 4.49. The van der Waals surface area contributed by atoms with Gasteiger partial charge in [0.2, 0.25) is 10.0 Å². The molecule has 0 heterocycles. The van der Waals surface area contributed by atoms with Crippen molar-refractivity contribution in [3.8, 4) is 0 Å². The van der Waals surface area contributed by atoms with Crippen LogP contribution in [0.1, 0.15) is 10.4 Å². The zero-order chi connectivity index (χ0) is 14.6. The summed E-state index contributed by atoms with van der Waals surface area (Å²) in [5.74, 6) is -1.22. The van der Waals surface area contributed by atoms with Crippen molar-refractivity contribution in [2.24, 2.45) is 0 Å². The molecule has 19 heavy (non-hydrogen) atoms. The standard InChI is InChI=1S/C10H14N2O5S2/c1-18(15)5-4-12-19(16,17)9-6-7(11)2-3-8(9)10(13)14/h2-3,6,12H,4-5,11H2,1H3,(H,13,14). The van der Waals surface area contributed by atoms with Crippen LogP contribution in [-0.4, -0.2) is 42.3 Å². The molecule has 0 bridgehead atoms. The lowest BCUT2D eigenvalue weighted by molar-refractivity contribution is 0.0692. The van der Waals surface area contributed by atoms with E-state index in [1.165, 1.54) is 12.3 Å². The molecule has 0 saturated carbocycles. The fourth-order valence-corrected chi connectivity index (χ4v) is 3.12. The first-order valence-corrected chi connectivity index (χ1v) is 8.37. The van der Waals surface area contributed by atoms with E-state index < -0.39 is 31.7 Å². The number of carboxylic acid groups (broad SMARTS) is 1. The van der Waals surface area contributed by atoms with Crippen LogP contribution in [0.15, 0.2) is 23.1 Å². The summed E-state index contributed by atoms with van der Waals surface area (Å²) < 4.78 is 37.0. The van der Waals surface area contributed by atoms with Crippen molar-refractivity contribution in [2.45, 2.75) is 4.90 Å². The third kappa shape index (κ3) is 4.30. The molecule has 0 saturated heterocycles. The molecule has 106 valence electrons. The Morgan fingerprint density at radius 2 is 2.11 bits per heavy atom. The van der Waals surface area contributed by atoms with Gasteiger partial charge in [0.05, 0.1) is 10.5 Å². The number of carbonyl (C=O) groups is 1. The highest BCUT2D eigenvalue weighted by Gasteiger charge is 2.22. The van der Waals surface area contributed by atoms with Gasteiger partial charge in [0.15, 0.2) is 0 Å². The highest BCUT2D eigenvalue weighted by molar-refractivity contribution is 7.89. The Morgan fingerprint density at radius 3 is 2.63 bits per heavy atom. The van der Waals surface area contributed by atoms with Crippen LogP contribution in [0, 0.1) is 0 Å². The Hall–Kier alpha value is -1.45. The predicted octanol–water partition coefficient (Wildman–Crippen LogP) is -0.376. The molecule has 7 nitrogen and oxygen atoms in total. The maximum atomic E-state index is 12.0. The molecule has 4 N–H and O–H groups in total. The summed E-state index contributed by atoms with van der Waals surface area (Å²) in [5.41, 5.74) is 5.25. The van der Waals surface area contributed by atoms with Crippen LogP contribution < -0.4 is 10.5 Å².